The molecule has 0 aliphatic heterocycles. The second-order valence-electron chi connectivity index (χ2n) is 5.03. The molecule has 1 aliphatic rings. The van der Waals surface area contributed by atoms with Gasteiger partial charge in [0.1, 0.15) is 5.75 Å². The highest BCUT2D eigenvalue weighted by Crippen LogP contribution is 2.48. The Morgan fingerprint density at radius 3 is 2.38 bits per heavy atom. The lowest BCUT2D eigenvalue weighted by molar-refractivity contribution is -0.384. The minimum absolute atomic E-state index is 0.0246. The Morgan fingerprint density at radius 1 is 1.10 bits per heavy atom. The first-order chi connectivity index (χ1) is 10.1. The zero-order valence-electron chi connectivity index (χ0n) is 11.1. The molecule has 0 heterocycles. The van der Waals surface area contributed by atoms with Gasteiger partial charge in [-0.25, -0.2) is 0 Å². The zero-order chi connectivity index (χ0) is 14.8. The maximum Gasteiger partial charge on any atom is 0.314 e. The summed E-state index contributed by atoms with van der Waals surface area (Å²) in [7, 11) is 0. The first kappa shape index (κ1) is 13.3. The van der Waals surface area contributed by atoms with Gasteiger partial charge in [0.15, 0.2) is 0 Å². The number of nitro groups is 1. The van der Waals surface area contributed by atoms with Gasteiger partial charge in [0.25, 0.3) is 5.69 Å². The van der Waals surface area contributed by atoms with Gasteiger partial charge in [-0.3, -0.25) is 14.9 Å². The van der Waals surface area contributed by atoms with Gasteiger partial charge >= 0.3 is 5.97 Å². The molecular weight excluding hydrogens is 270 g/mol. The third-order valence-corrected chi connectivity index (χ3v) is 3.59. The summed E-state index contributed by atoms with van der Waals surface area (Å²) in [5, 5.41) is 10.6. The fourth-order valence-corrected chi connectivity index (χ4v) is 2.35. The molecule has 0 bridgehead atoms. The van der Waals surface area contributed by atoms with Crippen molar-refractivity contribution in [2.75, 3.05) is 0 Å². The number of rotatable bonds is 4. The largest absolute Gasteiger partial charge is 0.426 e. The maximum absolute atomic E-state index is 12.0. The Hall–Kier alpha value is -2.69. The standard InChI is InChI=1S/C16H13NO4/c18-16(15-10-14(15)11-4-2-1-3-5-11)21-13-8-6-12(7-9-13)17(19)20/h1-9,14-15H,10H2/t14-,15-/m1/s1. The van der Waals surface area contributed by atoms with E-state index >= 15 is 0 Å². The third-order valence-electron chi connectivity index (χ3n) is 3.59. The lowest BCUT2D eigenvalue weighted by Crippen LogP contribution is -2.11. The predicted octanol–water partition coefficient (Wildman–Crippen LogP) is 3.30. The Balaban J connectivity index is 1.62. The molecular formula is C16H13NO4. The molecule has 1 fully saturated rings. The lowest BCUT2D eigenvalue weighted by atomic mass is 10.1. The number of nitro benzene ring substituents is 1. The first-order valence-corrected chi connectivity index (χ1v) is 6.66. The number of carbonyl (C=O) groups is 1. The molecule has 21 heavy (non-hydrogen) atoms. The number of hydrogen-bond acceptors (Lipinski definition) is 4. The molecule has 0 spiro atoms. The molecule has 2 aromatic carbocycles. The first-order valence-electron chi connectivity index (χ1n) is 6.66. The van der Waals surface area contributed by atoms with Gasteiger partial charge in [-0.1, -0.05) is 30.3 Å². The van der Waals surface area contributed by atoms with Crippen LogP contribution in [0.15, 0.2) is 54.6 Å². The number of carbonyl (C=O) groups excluding carboxylic acids is 1. The molecule has 2 atom stereocenters. The lowest BCUT2D eigenvalue weighted by Gasteiger charge is -2.04. The minimum atomic E-state index is -0.488. The molecule has 5 heteroatoms. The second kappa shape index (κ2) is 5.36. The van der Waals surface area contributed by atoms with E-state index in [4.69, 9.17) is 4.74 Å². The smallest absolute Gasteiger partial charge is 0.314 e. The van der Waals surface area contributed by atoms with Crippen LogP contribution in [0.25, 0.3) is 0 Å². The Bertz CT molecular complexity index is 666. The van der Waals surface area contributed by atoms with Crippen LogP contribution < -0.4 is 4.74 Å². The molecule has 2 aromatic rings. The summed E-state index contributed by atoms with van der Waals surface area (Å²) in [6.07, 6.45) is 0.788. The molecule has 0 radical (unpaired) electrons. The van der Waals surface area contributed by atoms with Crippen LogP contribution in [-0.2, 0) is 4.79 Å². The molecule has 0 saturated heterocycles. The number of benzene rings is 2. The quantitative estimate of drug-likeness (QED) is 0.373. The molecule has 1 aliphatic carbocycles. The fourth-order valence-electron chi connectivity index (χ4n) is 2.35. The molecule has 5 nitrogen and oxygen atoms in total. The van der Waals surface area contributed by atoms with Crippen molar-refractivity contribution in [2.45, 2.75) is 12.3 Å². The number of nitrogens with zero attached hydrogens (tertiary/aromatic N) is 1. The molecule has 0 N–H and O–H groups in total. The molecule has 106 valence electrons. The van der Waals surface area contributed by atoms with Crippen molar-refractivity contribution in [2.24, 2.45) is 5.92 Å². The number of esters is 1. The summed E-state index contributed by atoms with van der Waals surface area (Å²) in [6.45, 7) is 0. The molecule has 0 aromatic heterocycles. The average Bonchev–Trinajstić information content (AvgIpc) is 3.29. The summed E-state index contributed by atoms with van der Waals surface area (Å²) in [5.41, 5.74) is 1.12. The highest BCUT2D eigenvalue weighted by Gasteiger charge is 2.45. The zero-order valence-corrected chi connectivity index (χ0v) is 11.1. The van der Waals surface area contributed by atoms with E-state index in [0.717, 1.165) is 12.0 Å². The van der Waals surface area contributed by atoms with E-state index in [1.54, 1.807) is 0 Å². The topological polar surface area (TPSA) is 69.4 Å². The summed E-state index contributed by atoms with van der Waals surface area (Å²) in [5.74, 6) is 0.154. The molecule has 3 rings (SSSR count). The van der Waals surface area contributed by atoms with Gasteiger partial charge in [0.2, 0.25) is 0 Å². The SMILES string of the molecule is O=C(Oc1ccc([N+](=O)[O-])cc1)[C@@H]1C[C@@H]1c1ccccc1. The van der Waals surface area contributed by atoms with Crippen LogP contribution in [0.3, 0.4) is 0 Å². The third kappa shape index (κ3) is 2.91. The van der Waals surface area contributed by atoms with Crippen molar-refractivity contribution in [3.8, 4) is 5.75 Å². The van der Waals surface area contributed by atoms with E-state index in [-0.39, 0.29) is 23.5 Å². The number of non-ortho nitro benzene ring substituents is 1. The van der Waals surface area contributed by atoms with Crippen molar-refractivity contribution < 1.29 is 14.5 Å². The maximum atomic E-state index is 12.0. The van der Waals surface area contributed by atoms with Crippen molar-refractivity contribution in [3.05, 3.63) is 70.3 Å². The average molecular weight is 283 g/mol. The van der Waals surface area contributed by atoms with Crippen LogP contribution in [0.2, 0.25) is 0 Å². The van der Waals surface area contributed by atoms with E-state index in [2.05, 4.69) is 0 Å². The highest BCUT2D eigenvalue weighted by molar-refractivity contribution is 5.79. The number of ether oxygens (including phenoxy) is 1. The Morgan fingerprint density at radius 2 is 1.76 bits per heavy atom. The Labute approximate surface area is 121 Å². The summed E-state index contributed by atoms with van der Waals surface area (Å²) < 4.78 is 5.26. The highest BCUT2D eigenvalue weighted by atomic mass is 16.6. The summed E-state index contributed by atoms with van der Waals surface area (Å²) in [6, 6.07) is 15.4. The summed E-state index contributed by atoms with van der Waals surface area (Å²) in [4.78, 5) is 22.1. The van der Waals surface area contributed by atoms with Crippen molar-refractivity contribution in [1.82, 2.24) is 0 Å². The van der Waals surface area contributed by atoms with Crippen molar-refractivity contribution >= 4 is 11.7 Å². The van der Waals surface area contributed by atoms with Crippen LogP contribution in [0, 0.1) is 16.0 Å². The fraction of sp³-hybridized carbons (Fsp3) is 0.188. The monoisotopic (exact) mass is 283 g/mol. The van der Waals surface area contributed by atoms with Gasteiger partial charge < -0.3 is 4.74 Å². The van der Waals surface area contributed by atoms with Gasteiger partial charge in [0, 0.05) is 12.1 Å². The van der Waals surface area contributed by atoms with Crippen LogP contribution >= 0.6 is 0 Å². The van der Waals surface area contributed by atoms with Crippen LogP contribution in [-0.4, -0.2) is 10.9 Å². The van der Waals surface area contributed by atoms with Crippen LogP contribution in [0.4, 0.5) is 5.69 Å². The van der Waals surface area contributed by atoms with E-state index < -0.39 is 4.92 Å². The van der Waals surface area contributed by atoms with Crippen LogP contribution in [0.1, 0.15) is 17.9 Å². The predicted molar refractivity (Wildman–Crippen MR) is 76.0 cm³/mol. The van der Waals surface area contributed by atoms with Gasteiger partial charge in [-0.15, -0.1) is 0 Å². The molecule has 0 amide bonds. The van der Waals surface area contributed by atoms with E-state index in [1.165, 1.54) is 24.3 Å². The minimum Gasteiger partial charge on any atom is -0.426 e. The Kier molecular flexibility index (Phi) is 3.39. The van der Waals surface area contributed by atoms with E-state index in [9.17, 15) is 14.9 Å². The molecule has 1 saturated carbocycles. The van der Waals surface area contributed by atoms with Crippen molar-refractivity contribution in [1.29, 1.82) is 0 Å². The van der Waals surface area contributed by atoms with Gasteiger partial charge in [0.05, 0.1) is 10.8 Å². The number of hydrogen-bond donors (Lipinski definition) is 0. The molecule has 0 unspecified atom stereocenters. The van der Waals surface area contributed by atoms with Gasteiger partial charge in [-0.2, -0.15) is 0 Å². The second-order valence-corrected chi connectivity index (χ2v) is 5.03. The normalized spacial score (nSPS) is 19.8. The van der Waals surface area contributed by atoms with Crippen LogP contribution in [0.5, 0.6) is 5.75 Å². The van der Waals surface area contributed by atoms with Crippen molar-refractivity contribution in [3.63, 3.8) is 0 Å². The van der Waals surface area contributed by atoms with E-state index in [1.807, 2.05) is 30.3 Å². The van der Waals surface area contributed by atoms with Gasteiger partial charge in [-0.05, 0) is 30.0 Å². The summed E-state index contributed by atoms with van der Waals surface area (Å²) >= 11 is 0. The van der Waals surface area contributed by atoms with E-state index in [0.29, 0.717) is 5.75 Å².